The molecule has 7 nitrogen and oxygen atoms in total. The highest BCUT2D eigenvalue weighted by Gasteiger charge is 2.14. The molecule has 0 amide bonds. The van der Waals surface area contributed by atoms with Crippen LogP contribution >= 0.6 is 0 Å². The molecule has 0 bridgehead atoms. The van der Waals surface area contributed by atoms with Gasteiger partial charge in [-0.1, -0.05) is 38.1 Å². The second-order valence-electron chi connectivity index (χ2n) is 7.23. The highest BCUT2D eigenvalue weighted by atomic mass is 16.4. The molecule has 0 unspecified atom stereocenters. The smallest absolute Gasteiger partial charge is 0.406 e. The van der Waals surface area contributed by atoms with Gasteiger partial charge in [-0.3, -0.25) is 4.57 Å². The molecular weight excluding hydrogens is 330 g/mol. The molecule has 4 rings (SSSR count). The second-order valence-corrected chi connectivity index (χ2v) is 7.23. The van der Waals surface area contributed by atoms with Gasteiger partial charge in [-0.25, -0.2) is 14.5 Å². The Bertz CT molecular complexity index is 1110. The van der Waals surface area contributed by atoms with Crippen molar-refractivity contribution in [1.82, 2.24) is 24.5 Å². The van der Waals surface area contributed by atoms with Gasteiger partial charge in [0, 0.05) is 6.20 Å². The lowest BCUT2D eigenvalue weighted by molar-refractivity contribution is 0.515. The first-order valence-electron chi connectivity index (χ1n) is 8.38. The van der Waals surface area contributed by atoms with Crippen molar-refractivity contribution in [3.63, 3.8) is 0 Å². The van der Waals surface area contributed by atoms with Crippen LogP contribution in [-0.2, 0) is 12.0 Å². The maximum absolute atomic E-state index is 12.1. The highest BCUT2D eigenvalue weighted by Crippen LogP contribution is 2.23. The van der Waals surface area contributed by atoms with Crippen LogP contribution in [0, 0.1) is 0 Å². The number of oxazole rings is 1. The number of hydrogen-bond acceptors (Lipinski definition) is 5. The lowest BCUT2D eigenvalue weighted by Gasteiger charge is -2.18. The maximum Gasteiger partial charge on any atom is 0.421 e. The fraction of sp³-hybridized carbons (Fsp3) is 0.263. The average Bonchev–Trinajstić information content (AvgIpc) is 3.20. The Morgan fingerprint density at radius 3 is 2.62 bits per heavy atom. The molecule has 7 heteroatoms. The summed E-state index contributed by atoms with van der Waals surface area (Å²) < 4.78 is 8.35. The highest BCUT2D eigenvalue weighted by molar-refractivity contribution is 5.67. The van der Waals surface area contributed by atoms with Crippen molar-refractivity contribution in [1.29, 1.82) is 0 Å². The third-order valence-electron chi connectivity index (χ3n) is 4.28. The van der Waals surface area contributed by atoms with Crippen LogP contribution in [-0.4, -0.2) is 24.5 Å². The van der Waals surface area contributed by atoms with E-state index in [0.717, 1.165) is 5.69 Å². The summed E-state index contributed by atoms with van der Waals surface area (Å²) in [6.45, 7) is 6.78. The van der Waals surface area contributed by atoms with Gasteiger partial charge < -0.3 is 4.42 Å². The minimum atomic E-state index is -0.456. The molecule has 0 radical (unpaired) electrons. The first-order valence-corrected chi connectivity index (χ1v) is 8.38. The summed E-state index contributed by atoms with van der Waals surface area (Å²) in [5, 5.41) is 8.34. The van der Waals surface area contributed by atoms with E-state index in [1.54, 1.807) is 29.2 Å². The predicted octanol–water partition coefficient (Wildman–Crippen LogP) is 2.92. The minimum absolute atomic E-state index is 0.0998. The van der Waals surface area contributed by atoms with Gasteiger partial charge in [-0.2, -0.15) is 0 Å². The lowest BCUT2D eigenvalue weighted by atomic mass is 9.87. The SMILES string of the molecule is CC(C)(C)c1ccc(-n2cc(Cn3c(=O)oc4cccnc43)nn2)cc1. The molecule has 0 fully saturated rings. The predicted molar refractivity (Wildman–Crippen MR) is 97.4 cm³/mol. The van der Waals surface area contributed by atoms with E-state index in [1.165, 1.54) is 10.1 Å². The summed E-state index contributed by atoms with van der Waals surface area (Å²) in [5.74, 6) is -0.456. The Morgan fingerprint density at radius 1 is 1.12 bits per heavy atom. The van der Waals surface area contributed by atoms with E-state index in [0.29, 0.717) is 16.9 Å². The first-order chi connectivity index (χ1) is 12.4. The zero-order chi connectivity index (χ0) is 18.3. The van der Waals surface area contributed by atoms with Gasteiger partial charge >= 0.3 is 5.76 Å². The van der Waals surface area contributed by atoms with Gasteiger partial charge in [0.25, 0.3) is 0 Å². The van der Waals surface area contributed by atoms with E-state index < -0.39 is 5.76 Å². The van der Waals surface area contributed by atoms with Crippen LogP contribution in [0.5, 0.6) is 0 Å². The summed E-state index contributed by atoms with van der Waals surface area (Å²) in [7, 11) is 0. The van der Waals surface area contributed by atoms with Crippen molar-refractivity contribution in [3.05, 3.63) is 70.6 Å². The van der Waals surface area contributed by atoms with E-state index in [4.69, 9.17) is 4.42 Å². The number of fused-ring (bicyclic) bond motifs is 1. The van der Waals surface area contributed by atoms with Gasteiger partial charge in [0.2, 0.25) is 0 Å². The number of hydrogen-bond donors (Lipinski definition) is 0. The summed E-state index contributed by atoms with van der Waals surface area (Å²) in [5.41, 5.74) is 3.88. The van der Waals surface area contributed by atoms with Crippen molar-refractivity contribution >= 4 is 11.2 Å². The molecule has 26 heavy (non-hydrogen) atoms. The van der Waals surface area contributed by atoms with Gasteiger partial charge in [0.15, 0.2) is 11.2 Å². The zero-order valence-electron chi connectivity index (χ0n) is 14.9. The molecule has 0 aliphatic carbocycles. The fourth-order valence-electron chi connectivity index (χ4n) is 2.81. The second kappa shape index (κ2) is 5.94. The van der Waals surface area contributed by atoms with Crippen molar-refractivity contribution in [3.8, 4) is 5.69 Å². The average molecular weight is 349 g/mol. The standard InChI is InChI=1S/C19H19N5O2/c1-19(2,3)13-6-8-15(9-7-13)24-12-14(21-22-24)11-23-17-16(26-18(23)25)5-4-10-20-17/h4-10,12H,11H2,1-3H3. The zero-order valence-corrected chi connectivity index (χ0v) is 14.9. The van der Waals surface area contributed by atoms with Gasteiger partial charge in [0.05, 0.1) is 18.4 Å². The van der Waals surface area contributed by atoms with Crippen molar-refractivity contribution in [2.75, 3.05) is 0 Å². The quantitative estimate of drug-likeness (QED) is 0.568. The fourth-order valence-corrected chi connectivity index (χ4v) is 2.81. The Kier molecular flexibility index (Phi) is 3.72. The monoisotopic (exact) mass is 349 g/mol. The van der Waals surface area contributed by atoms with Gasteiger partial charge in [0.1, 0.15) is 5.69 Å². The van der Waals surface area contributed by atoms with Crippen LogP contribution < -0.4 is 5.76 Å². The summed E-state index contributed by atoms with van der Waals surface area (Å²) >= 11 is 0. The van der Waals surface area contributed by atoms with E-state index in [-0.39, 0.29) is 12.0 Å². The molecule has 1 aromatic carbocycles. The number of aromatic nitrogens is 5. The lowest BCUT2D eigenvalue weighted by Crippen LogP contribution is -2.15. The van der Waals surface area contributed by atoms with Gasteiger partial charge in [-0.05, 0) is 35.2 Å². The Labute approximate surface area is 149 Å². The normalized spacial score (nSPS) is 12.0. The van der Waals surface area contributed by atoms with Crippen LogP contribution in [0.15, 0.2) is 58.0 Å². The van der Waals surface area contributed by atoms with Crippen molar-refractivity contribution in [2.24, 2.45) is 0 Å². The van der Waals surface area contributed by atoms with Crippen LogP contribution in [0.4, 0.5) is 0 Å². The molecule has 0 aliphatic heterocycles. The molecule has 0 spiro atoms. The third kappa shape index (κ3) is 2.92. The molecule has 0 aliphatic rings. The molecular formula is C19H19N5O2. The Morgan fingerprint density at radius 2 is 1.88 bits per heavy atom. The van der Waals surface area contributed by atoms with Gasteiger partial charge in [-0.15, -0.1) is 5.10 Å². The number of rotatable bonds is 3. The van der Waals surface area contributed by atoms with Crippen molar-refractivity contribution in [2.45, 2.75) is 32.7 Å². The van der Waals surface area contributed by atoms with Crippen LogP contribution in [0.2, 0.25) is 0 Å². The maximum atomic E-state index is 12.1. The number of pyridine rings is 1. The summed E-state index contributed by atoms with van der Waals surface area (Å²) in [6.07, 6.45) is 3.43. The molecule has 3 aromatic heterocycles. The molecule has 0 atom stereocenters. The van der Waals surface area contributed by atoms with E-state index in [9.17, 15) is 4.79 Å². The van der Waals surface area contributed by atoms with Crippen LogP contribution in [0.25, 0.3) is 16.9 Å². The van der Waals surface area contributed by atoms with E-state index >= 15 is 0 Å². The minimum Gasteiger partial charge on any atom is -0.406 e. The number of benzene rings is 1. The number of nitrogens with zero attached hydrogens (tertiary/aromatic N) is 5. The van der Waals surface area contributed by atoms with E-state index in [2.05, 4.69) is 48.2 Å². The molecule has 132 valence electrons. The van der Waals surface area contributed by atoms with E-state index in [1.807, 2.05) is 12.1 Å². The molecule has 0 saturated carbocycles. The Balaban J connectivity index is 1.62. The molecule has 4 aromatic rings. The van der Waals surface area contributed by atoms with Crippen molar-refractivity contribution < 1.29 is 4.42 Å². The van der Waals surface area contributed by atoms with Crippen LogP contribution in [0.1, 0.15) is 32.0 Å². The largest absolute Gasteiger partial charge is 0.421 e. The Hall–Kier alpha value is -3.22. The topological polar surface area (TPSA) is 78.7 Å². The summed E-state index contributed by atoms with van der Waals surface area (Å²) in [4.78, 5) is 16.3. The van der Waals surface area contributed by atoms with Crippen LogP contribution in [0.3, 0.4) is 0 Å². The third-order valence-corrected chi connectivity index (χ3v) is 4.28. The molecule has 3 heterocycles. The molecule has 0 saturated heterocycles. The molecule has 0 N–H and O–H groups in total. The summed E-state index contributed by atoms with van der Waals surface area (Å²) in [6, 6.07) is 11.7. The first kappa shape index (κ1) is 16.3.